The zero-order valence-electron chi connectivity index (χ0n) is 8.71. The molecule has 1 atom stereocenters. The molecule has 88 valence electrons. The summed E-state index contributed by atoms with van der Waals surface area (Å²) >= 11 is 0. The first kappa shape index (κ1) is 11.3. The second-order valence-electron chi connectivity index (χ2n) is 3.61. The molecule has 1 fully saturated rings. The number of ether oxygens (including phenoxy) is 2. The van der Waals surface area contributed by atoms with Gasteiger partial charge < -0.3 is 14.8 Å². The lowest BCUT2D eigenvalue weighted by atomic mass is 10.2. The molecule has 5 heteroatoms. The second-order valence-corrected chi connectivity index (χ2v) is 3.61. The van der Waals surface area contributed by atoms with E-state index in [4.69, 9.17) is 9.47 Å². The van der Waals surface area contributed by atoms with Crippen LogP contribution in [0.15, 0.2) is 18.2 Å². The Kier molecular flexibility index (Phi) is 3.69. The Morgan fingerprint density at radius 1 is 1.38 bits per heavy atom. The Balaban J connectivity index is 1.88. The number of benzene rings is 1. The molecule has 16 heavy (non-hydrogen) atoms. The summed E-state index contributed by atoms with van der Waals surface area (Å²) in [7, 11) is 0. The molecule has 1 aliphatic heterocycles. The van der Waals surface area contributed by atoms with Gasteiger partial charge in [0.05, 0.1) is 18.4 Å². The van der Waals surface area contributed by atoms with Crippen molar-refractivity contribution in [3.8, 4) is 0 Å². The first-order chi connectivity index (χ1) is 7.75. The maximum atomic E-state index is 13.2. The van der Waals surface area contributed by atoms with E-state index in [1.54, 1.807) is 0 Å². The highest BCUT2D eigenvalue weighted by Gasteiger charge is 2.14. The summed E-state index contributed by atoms with van der Waals surface area (Å²) in [5, 5.41) is 2.89. The van der Waals surface area contributed by atoms with Gasteiger partial charge in [-0.15, -0.1) is 0 Å². The maximum Gasteiger partial charge on any atom is 0.149 e. The van der Waals surface area contributed by atoms with Gasteiger partial charge in [0.2, 0.25) is 0 Å². The first-order valence-electron chi connectivity index (χ1n) is 5.14. The monoisotopic (exact) mass is 229 g/mol. The molecule has 0 aromatic heterocycles. The average molecular weight is 229 g/mol. The zero-order chi connectivity index (χ0) is 11.4. The number of rotatable bonds is 3. The second kappa shape index (κ2) is 5.23. The highest BCUT2D eigenvalue weighted by molar-refractivity contribution is 5.44. The van der Waals surface area contributed by atoms with E-state index in [-0.39, 0.29) is 18.6 Å². The topological polar surface area (TPSA) is 30.5 Å². The van der Waals surface area contributed by atoms with Crippen LogP contribution in [0.1, 0.15) is 6.42 Å². The third-order valence-corrected chi connectivity index (χ3v) is 2.42. The highest BCUT2D eigenvalue weighted by atomic mass is 19.1. The van der Waals surface area contributed by atoms with E-state index in [1.807, 2.05) is 0 Å². The SMILES string of the molecule is Fc1ccc(NCC2CCOCO2)c(F)c1. The van der Waals surface area contributed by atoms with Crippen LogP contribution in [0.4, 0.5) is 14.5 Å². The van der Waals surface area contributed by atoms with Crippen molar-refractivity contribution in [2.75, 3.05) is 25.3 Å². The maximum absolute atomic E-state index is 13.2. The van der Waals surface area contributed by atoms with Crippen molar-refractivity contribution in [2.45, 2.75) is 12.5 Å². The van der Waals surface area contributed by atoms with Gasteiger partial charge in [0.25, 0.3) is 0 Å². The quantitative estimate of drug-likeness (QED) is 0.861. The summed E-state index contributed by atoms with van der Waals surface area (Å²) in [4.78, 5) is 0. The fourth-order valence-electron chi connectivity index (χ4n) is 1.52. The van der Waals surface area contributed by atoms with Crippen molar-refractivity contribution in [3.63, 3.8) is 0 Å². The number of hydrogen-bond acceptors (Lipinski definition) is 3. The Hall–Kier alpha value is -1.20. The Bertz CT molecular complexity index is 354. The number of hydrogen-bond donors (Lipinski definition) is 1. The van der Waals surface area contributed by atoms with E-state index in [0.29, 0.717) is 13.2 Å². The van der Waals surface area contributed by atoms with E-state index in [9.17, 15) is 8.78 Å². The van der Waals surface area contributed by atoms with E-state index in [0.717, 1.165) is 12.5 Å². The largest absolute Gasteiger partial charge is 0.380 e. The number of anilines is 1. The van der Waals surface area contributed by atoms with Gasteiger partial charge in [-0.25, -0.2) is 8.78 Å². The third-order valence-electron chi connectivity index (χ3n) is 2.42. The van der Waals surface area contributed by atoms with Crippen LogP contribution in [0.5, 0.6) is 0 Å². The molecule has 0 radical (unpaired) electrons. The third kappa shape index (κ3) is 2.90. The lowest BCUT2D eigenvalue weighted by Gasteiger charge is -2.23. The van der Waals surface area contributed by atoms with Gasteiger partial charge in [0.1, 0.15) is 18.4 Å². The van der Waals surface area contributed by atoms with Crippen molar-refractivity contribution in [3.05, 3.63) is 29.8 Å². The molecule has 0 bridgehead atoms. The summed E-state index contributed by atoms with van der Waals surface area (Å²) in [6, 6.07) is 3.45. The van der Waals surface area contributed by atoms with Gasteiger partial charge in [-0.05, 0) is 18.6 Å². The average Bonchev–Trinajstić information content (AvgIpc) is 2.29. The van der Waals surface area contributed by atoms with Gasteiger partial charge in [0.15, 0.2) is 0 Å². The summed E-state index contributed by atoms with van der Waals surface area (Å²) in [6.07, 6.45) is 0.786. The Morgan fingerprint density at radius 3 is 2.94 bits per heavy atom. The van der Waals surface area contributed by atoms with Crippen LogP contribution < -0.4 is 5.32 Å². The van der Waals surface area contributed by atoms with Gasteiger partial charge in [0, 0.05) is 12.6 Å². The normalized spacial score (nSPS) is 20.8. The van der Waals surface area contributed by atoms with Crippen LogP contribution in [0.2, 0.25) is 0 Å². The summed E-state index contributed by atoms with van der Waals surface area (Å²) in [5.41, 5.74) is 0.288. The summed E-state index contributed by atoms with van der Waals surface area (Å²) in [5.74, 6) is -1.17. The lowest BCUT2D eigenvalue weighted by Crippen LogP contribution is -2.30. The molecule has 0 saturated carbocycles. The van der Waals surface area contributed by atoms with Crippen LogP contribution in [0, 0.1) is 11.6 Å². The molecule has 1 aliphatic rings. The van der Waals surface area contributed by atoms with E-state index >= 15 is 0 Å². The summed E-state index contributed by atoms with van der Waals surface area (Å²) in [6.45, 7) is 1.42. The van der Waals surface area contributed by atoms with Crippen LogP contribution in [-0.4, -0.2) is 26.0 Å². The number of nitrogens with one attached hydrogen (secondary N) is 1. The minimum Gasteiger partial charge on any atom is -0.380 e. The van der Waals surface area contributed by atoms with Crippen molar-refractivity contribution in [1.82, 2.24) is 0 Å². The van der Waals surface area contributed by atoms with Gasteiger partial charge in [-0.2, -0.15) is 0 Å². The van der Waals surface area contributed by atoms with Crippen LogP contribution in [0.25, 0.3) is 0 Å². The van der Waals surface area contributed by atoms with Crippen molar-refractivity contribution in [2.24, 2.45) is 0 Å². The van der Waals surface area contributed by atoms with E-state index < -0.39 is 11.6 Å². The van der Waals surface area contributed by atoms with Crippen molar-refractivity contribution < 1.29 is 18.3 Å². The van der Waals surface area contributed by atoms with Crippen LogP contribution in [-0.2, 0) is 9.47 Å². The van der Waals surface area contributed by atoms with Gasteiger partial charge in [-0.1, -0.05) is 0 Å². The predicted octanol–water partition coefficient (Wildman–Crippen LogP) is 2.14. The lowest BCUT2D eigenvalue weighted by molar-refractivity contribution is -0.133. The molecule has 0 spiro atoms. The van der Waals surface area contributed by atoms with Crippen LogP contribution in [0.3, 0.4) is 0 Å². The molecular weight excluding hydrogens is 216 g/mol. The molecule has 1 aromatic carbocycles. The number of halogens is 2. The molecular formula is C11H13F2NO2. The van der Waals surface area contributed by atoms with E-state index in [1.165, 1.54) is 12.1 Å². The van der Waals surface area contributed by atoms with Gasteiger partial charge in [-0.3, -0.25) is 0 Å². The Morgan fingerprint density at radius 2 is 2.25 bits per heavy atom. The zero-order valence-corrected chi connectivity index (χ0v) is 8.71. The minimum absolute atomic E-state index is 0.0122. The van der Waals surface area contributed by atoms with Crippen molar-refractivity contribution in [1.29, 1.82) is 0 Å². The molecule has 3 nitrogen and oxygen atoms in total. The predicted molar refractivity (Wildman–Crippen MR) is 55.2 cm³/mol. The molecule has 1 unspecified atom stereocenters. The molecule has 1 aromatic rings. The fourth-order valence-corrected chi connectivity index (χ4v) is 1.52. The van der Waals surface area contributed by atoms with E-state index in [2.05, 4.69) is 5.32 Å². The van der Waals surface area contributed by atoms with Crippen LogP contribution >= 0.6 is 0 Å². The fraction of sp³-hybridized carbons (Fsp3) is 0.455. The molecule has 2 rings (SSSR count). The Labute approximate surface area is 92.4 Å². The summed E-state index contributed by atoms with van der Waals surface area (Å²) < 4.78 is 36.2. The van der Waals surface area contributed by atoms with Gasteiger partial charge >= 0.3 is 0 Å². The van der Waals surface area contributed by atoms with Crippen molar-refractivity contribution >= 4 is 5.69 Å². The highest BCUT2D eigenvalue weighted by Crippen LogP contribution is 2.16. The minimum atomic E-state index is -0.591. The molecule has 0 amide bonds. The standard InChI is InChI=1S/C11H13F2NO2/c12-8-1-2-11(10(13)5-8)14-6-9-3-4-15-7-16-9/h1-2,5,9,14H,3-4,6-7H2. The molecule has 1 N–H and O–H groups in total. The smallest absolute Gasteiger partial charge is 0.149 e. The first-order valence-corrected chi connectivity index (χ1v) is 5.14. The molecule has 1 saturated heterocycles. The molecule has 1 heterocycles. The molecule has 0 aliphatic carbocycles.